The van der Waals surface area contributed by atoms with Gasteiger partial charge in [-0.25, -0.2) is 0 Å². The van der Waals surface area contributed by atoms with Crippen molar-refractivity contribution in [3.05, 3.63) is 122 Å². The molecule has 5 aromatic carbocycles. The van der Waals surface area contributed by atoms with Crippen LogP contribution in [0, 0.1) is 6.92 Å². The highest BCUT2D eigenvalue weighted by Gasteiger charge is 2.46. The Bertz CT molecular complexity index is 2220. The maximum atomic E-state index is 2.81. The fourth-order valence-electron chi connectivity index (χ4n) is 11.7. The topological polar surface area (TPSA) is 6.48 Å². The van der Waals surface area contributed by atoms with Crippen LogP contribution in [0.1, 0.15) is 128 Å². The van der Waals surface area contributed by atoms with Gasteiger partial charge in [0.15, 0.2) is 0 Å². The Morgan fingerprint density at radius 2 is 0.815 bits per heavy atom. The molecule has 0 unspecified atom stereocenters. The lowest BCUT2D eigenvalue weighted by molar-refractivity contribution is 0.590. The Morgan fingerprint density at radius 1 is 0.444 bits per heavy atom. The Hall–Kier alpha value is -4.24. The van der Waals surface area contributed by atoms with Crippen molar-refractivity contribution in [1.29, 1.82) is 0 Å². The van der Waals surface area contributed by atoms with Gasteiger partial charge in [0.2, 0.25) is 0 Å². The fourth-order valence-corrected chi connectivity index (χ4v) is 11.7. The number of benzene rings is 5. The van der Waals surface area contributed by atoms with Crippen LogP contribution in [0.5, 0.6) is 0 Å². The van der Waals surface area contributed by atoms with Crippen molar-refractivity contribution in [2.45, 2.75) is 136 Å². The average Bonchev–Trinajstić information content (AvgIpc) is 3.96. The Labute approximate surface area is 324 Å². The normalized spacial score (nSPS) is 17.6. The van der Waals surface area contributed by atoms with Crippen molar-refractivity contribution in [1.82, 2.24) is 0 Å². The maximum absolute atomic E-state index is 2.81. The van der Waals surface area contributed by atoms with Crippen molar-refractivity contribution < 1.29 is 0 Å². The van der Waals surface area contributed by atoms with Crippen molar-refractivity contribution in [2.24, 2.45) is 0 Å². The molecule has 5 aromatic rings. The molecular formula is C51H55BN2. The van der Waals surface area contributed by atoms with Crippen molar-refractivity contribution in [2.75, 3.05) is 9.80 Å². The van der Waals surface area contributed by atoms with E-state index in [1.54, 1.807) is 44.5 Å². The molecule has 4 aliphatic carbocycles. The number of anilines is 6. The van der Waals surface area contributed by atoms with Crippen LogP contribution in [-0.2, 0) is 62.2 Å². The van der Waals surface area contributed by atoms with E-state index in [1.165, 1.54) is 144 Å². The summed E-state index contributed by atoms with van der Waals surface area (Å²) in [4.78, 5) is 5.63. The molecule has 0 N–H and O–H groups in total. The second kappa shape index (κ2) is 11.4. The van der Waals surface area contributed by atoms with Gasteiger partial charge in [-0.3, -0.25) is 0 Å². The molecule has 11 rings (SSSR count). The van der Waals surface area contributed by atoms with Crippen LogP contribution in [0.3, 0.4) is 0 Å². The number of nitrogens with zero attached hydrogens (tertiary/aromatic N) is 2. The predicted molar refractivity (Wildman–Crippen MR) is 231 cm³/mol. The molecule has 0 saturated carbocycles. The molecule has 2 aliphatic heterocycles. The number of fused-ring (bicyclic) bond motifs is 8. The Kier molecular flexibility index (Phi) is 7.00. The smallest absolute Gasteiger partial charge is 0.252 e. The fraction of sp³-hybridized carbons (Fsp3) is 0.412. The zero-order chi connectivity index (χ0) is 36.8. The molecule has 54 heavy (non-hydrogen) atoms. The molecule has 0 bridgehead atoms. The lowest BCUT2D eigenvalue weighted by Crippen LogP contribution is -2.62. The SMILES string of the molecule is Cc1cc2c3c(c1)N(c1c4c(cc5c1CCC5)CCC4)c1ccc(C(C)(C)C)cc1B3c1cc(C(C)(C)C)ccc1N2c1c2c(cc3c1CCC3)CCC2. The number of rotatable bonds is 2. The van der Waals surface area contributed by atoms with Gasteiger partial charge >= 0.3 is 0 Å². The third-order valence-corrected chi connectivity index (χ3v) is 14.3. The van der Waals surface area contributed by atoms with E-state index in [0.717, 1.165) is 0 Å². The summed E-state index contributed by atoms with van der Waals surface area (Å²) in [7, 11) is 0. The molecule has 0 aromatic heterocycles. The minimum atomic E-state index is 0.0490. The largest absolute Gasteiger partial charge is 0.311 e. The summed E-state index contributed by atoms with van der Waals surface area (Å²) in [6.45, 7) is 16.9. The van der Waals surface area contributed by atoms with Gasteiger partial charge in [-0.2, -0.15) is 0 Å². The molecule has 0 saturated heterocycles. The number of aryl methyl sites for hydroxylation is 5. The third-order valence-electron chi connectivity index (χ3n) is 14.3. The van der Waals surface area contributed by atoms with Crippen LogP contribution in [0.25, 0.3) is 0 Å². The summed E-state index contributed by atoms with van der Waals surface area (Å²) in [5.41, 5.74) is 30.4. The second-order valence-electron chi connectivity index (χ2n) is 19.8. The molecule has 0 fully saturated rings. The molecule has 2 heterocycles. The van der Waals surface area contributed by atoms with Crippen LogP contribution < -0.4 is 26.2 Å². The van der Waals surface area contributed by atoms with Crippen LogP contribution in [0.4, 0.5) is 34.1 Å². The first-order valence-corrected chi connectivity index (χ1v) is 21.3. The van der Waals surface area contributed by atoms with E-state index in [-0.39, 0.29) is 17.5 Å². The second-order valence-corrected chi connectivity index (χ2v) is 19.8. The number of hydrogen-bond donors (Lipinski definition) is 0. The van der Waals surface area contributed by atoms with Crippen molar-refractivity contribution in [3.8, 4) is 0 Å². The zero-order valence-corrected chi connectivity index (χ0v) is 33.7. The van der Waals surface area contributed by atoms with Crippen molar-refractivity contribution in [3.63, 3.8) is 0 Å². The summed E-state index contributed by atoms with van der Waals surface area (Å²) >= 11 is 0. The van der Waals surface area contributed by atoms with E-state index in [1.807, 2.05) is 0 Å². The minimum absolute atomic E-state index is 0.0490. The Balaban J connectivity index is 1.28. The highest BCUT2D eigenvalue weighted by atomic mass is 15.2. The molecule has 3 heteroatoms. The van der Waals surface area contributed by atoms with Crippen LogP contribution in [0.15, 0.2) is 60.7 Å². The first-order valence-electron chi connectivity index (χ1n) is 21.3. The molecule has 0 spiro atoms. The minimum Gasteiger partial charge on any atom is -0.311 e. The number of hydrogen-bond acceptors (Lipinski definition) is 2. The van der Waals surface area contributed by atoms with Crippen molar-refractivity contribution >= 4 is 57.2 Å². The highest BCUT2D eigenvalue weighted by Crippen LogP contribution is 2.52. The van der Waals surface area contributed by atoms with Gasteiger partial charge in [0, 0.05) is 22.7 Å². The van der Waals surface area contributed by atoms with Gasteiger partial charge in [-0.15, -0.1) is 0 Å². The van der Waals surface area contributed by atoms with Gasteiger partial charge in [-0.05, 0) is 197 Å². The first-order chi connectivity index (χ1) is 26.0. The van der Waals surface area contributed by atoms with Gasteiger partial charge in [0.1, 0.15) is 0 Å². The molecule has 272 valence electrons. The van der Waals surface area contributed by atoms with Gasteiger partial charge < -0.3 is 9.80 Å². The third kappa shape index (κ3) is 4.66. The standard InChI is InChI=1S/C51H55BN2/c1-30-24-45-47-46(25-30)54(49-39-18-10-14-33(39)27-34-15-11-19-40(34)49)44-23-21-36(51(5,6)7)29-42(44)52(47)41-28-35(50(2,3)4)20-22-43(41)53(45)48-37-16-8-12-31(37)26-32-13-9-17-38(32)48/h20-29H,8-19H2,1-7H3. The molecule has 6 aliphatic rings. The highest BCUT2D eigenvalue weighted by molar-refractivity contribution is 7.00. The molecule has 0 amide bonds. The van der Waals surface area contributed by atoms with E-state index in [2.05, 4.69) is 119 Å². The summed E-state index contributed by atoms with van der Waals surface area (Å²) in [6.07, 6.45) is 14.7. The van der Waals surface area contributed by atoms with Crippen LogP contribution in [-0.4, -0.2) is 6.71 Å². The molecule has 2 nitrogen and oxygen atoms in total. The van der Waals surface area contributed by atoms with Crippen LogP contribution >= 0.6 is 0 Å². The molecular weight excluding hydrogens is 651 g/mol. The quantitative estimate of drug-likeness (QED) is 0.165. The zero-order valence-electron chi connectivity index (χ0n) is 33.7. The predicted octanol–water partition coefficient (Wildman–Crippen LogP) is 10.6. The molecule has 0 atom stereocenters. The monoisotopic (exact) mass is 706 g/mol. The first kappa shape index (κ1) is 33.1. The summed E-state index contributed by atoms with van der Waals surface area (Å²) in [5, 5.41) is 0. The van der Waals surface area contributed by atoms with E-state index < -0.39 is 0 Å². The summed E-state index contributed by atoms with van der Waals surface area (Å²) in [6, 6.07) is 25.6. The Morgan fingerprint density at radius 3 is 1.17 bits per heavy atom. The lowest BCUT2D eigenvalue weighted by atomic mass is 9.33. The average molecular weight is 707 g/mol. The maximum Gasteiger partial charge on any atom is 0.252 e. The van der Waals surface area contributed by atoms with Gasteiger partial charge in [0.05, 0.1) is 11.4 Å². The summed E-state index contributed by atoms with van der Waals surface area (Å²) in [5.74, 6) is 0. The lowest BCUT2D eigenvalue weighted by Gasteiger charge is -2.46. The summed E-state index contributed by atoms with van der Waals surface area (Å²) < 4.78 is 0. The molecule has 0 radical (unpaired) electrons. The van der Waals surface area contributed by atoms with E-state index in [0.29, 0.717) is 0 Å². The van der Waals surface area contributed by atoms with Crippen LogP contribution in [0.2, 0.25) is 0 Å². The van der Waals surface area contributed by atoms with Gasteiger partial charge in [0.25, 0.3) is 6.71 Å². The van der Waals surface area contributed by atoms with Gasteiger partial charge in [-0.1, -0.05) is 77.9 Å². The van der Waals surface area contributed by atoms with E-state index in [4.69, 9.17) is 0 Å². The van der Waals surface area contributed by atoms with E-state index >= 15 is 0 Å². The van der Waals surface area contributed by atoms with E-state index in [9.17, 15) is 0 Å².